The van der Waals surface area contributed by atoms with Crippen LogP contribution < -0.4 is 5.32 Å². The predicted octanol–water partition coefficient (Wildman–Crippen LogP) is 2.51. The molecule has 2 N–H and O–H groups in total. The summed E-state index contributed by atoms with van der Waals surface area (Å²) in [5, 5.41) is 3.27. The number of hydrogen-bond donors (Lipinski definition) is 2. The van der Waals surface area contributed by atoms with E-state index in [4.69, 9.17) is 0 Å². The number of carbonyl (C=O) groups excluding carboxylic acids is 1. The van der Waals surface area contributed by atoms with Crippen molar-refractivity contribution < 1.29 is 4.79 Å². The van der Waals surface area contributed by atoms with Gasteiger partial charge in [0.05, 0.1) is 5.69 Å². The van der Waals surface area contributed by atoms with Gasteiger partial charge in [0, 0.05) is 30.4 Å². The van der Waals surface area contributed by atoms with E-state index in [2.05, 4.69) is 17.2 Å². The van der Waals surface area contributed by atoms with Gasteiger partial charge in [0.1, 0.15) is 0 Å². The molecule has 3 heteroatoms. The fourth-order valence-electron chi connectivity index (χ4n) is 2.49. The van der Waals surface area contributed by atoms with Gasteiger partial charge in [-0.05, 0) is 24.5 Å². The number of rotatable bonds is 0. The molecule has 1 unspecified atom stereocenters. The minimum Gasteiger partial charge on any atom is -0.388 e. The number of nitrogens with one attached hydrogen (secondary N) is 2. The van der Waals surface area contributed by atoms with E-state index in [9.17, 15) is 4.79 Å². The van der Waals surface area contributed by atoms with Crippen molar-refractivity contribution in [3.63, 3.8) is 0 Å². The standard InChI is InChI=1S/C11H12N2O.C2H6/c1-6-5-13-11-9(14)4-8-7(10(6)11)2-3-12-8;1-2/h4-5,7,12-13H,2-3H2,1H3;1-2H3. The van der Waals surface area contributed by atoms with Gasteiger partial charge in [-0.2, -0.15) is 0 Å². The Balaban J connectivity index is 0.000000457. The first-order chi connectivity index (χ1) is 7.77. The van der Waals surface area contributed by atoms with Crippen molar-refractivity contribution in [2.45, 2.75) is 33.1 Å². The average molecular weight is 218 g/mol. The lowest BCUT2D eigenvalue weighted by Crippen LogP contribution is -2.16. The molecule has 0 saturated carbocycles. The molecule has 1 aromatic heterocycles. The molecule has 0 amide bonds. The molecule has 86 valence electrons. The number of aryl methyl sites for hydroxylation is 1. The zero-order valence-electron chi connectivity index (χ0n) is 10.1. The second-order valence-corrected chi connectivity index (χ2v) is 3.99. The summed E-state index contributed by atoms with van der Waals surface area (Å²) in [6.45, 7) is 7.04. The third-order valence-corrected chi connectivity index (χ3v) is 3.15. The Kier molecular flexibility index (Phi) is 2.86. The van der Waals surface area contributed by atoms with Gasteiger partial charge in [0.25, 0.3) is 0 Å². The van der Waals surface area contributed by atoms with Gasteiger partial charge in [0.2, 0.25) is 5.78 Å². The zero-order chi connectivity index (χ0) is 11.7. The summed E-state index contributed by atoms with van der Waals surface area (Å²) in [5.74, 6) is 0.530. The van der Waals surface area contributed by atoms with Crippen LogP contribution in [0.4, 0.5) is 0 Å². The lowest BCUT2D eigenvalue weighted by atomic mass is 9.87. The molecule has 2 heterocycles. The number of allylic oxidation sites excluding steroid dienone is 2. The normalized spacial score (nSPS) is 21.3. The van der Waals surface area contributed by atoms with E-state index in [0.29, 0.717) is 5.92 Å². The van der Waals surface area contributed by atoms with E-state index in [-0.39, 0.29) is 5.78 Å². The molecule has 16 heavy (non-hydrogen) atoms. The molecule has 1 fully saturated rings. The van der Waals surface area contributed by atoms with Crippen LogP contribution in [0.25, 0.3) is 0 Å². The maximum Gasteiger partial charge on any atom is 0.204 e. The third kappa shape index (κ3) is 1.47. The highest BCUT2D eigenvalue weighted by Gasteiger charge is 2.32. The summed E-state index contributed by atoms with van der Waals surface area (Å²) >= 11 is 0. The van der Waals surface area contributed by atoms with Crippen LogP contribution >= 0.6 is 0 Å². The van der Waals surface area contributed by atoms with Crippen molar-refractivity contribution in [3.05, 3.63) is 34.8 Å². The highest BCUT2D eigenvalue weighted by Crippen LogP contribution is 2.38. The van der Waals surface area contributed by atoms with Crippen LogP contribution in [-0.4, -0.2) is 17.3 Å². The molecule has 3 nitrogen and oxygen atoms in total. The number of aromatic amines is 1. The first-order valence-corrected chi connectivity index (χ1v) is 5.95. The smallest absolute Gasteiger partial charge is 0.204 e. The number of fused-ring (bicyclic) bond motifs is 3. The number of H-pyrrole nitrogens is 1. The summed E-state index contributed by atoms with van der Waals surface area (Å²) in [7, 11) is 0. The van der Waals surface area contributed by atoms with Gasteiger partial charge in [-0.3, -0.25) is 4.79 Å². The highest BCUT2D eigenvalue weighted by molar-refractivity contribution is 6.06. The minimum atomic E-state index is 0.105. The van der Waals surface area contributed by atoms with E-state index in [1.54, 1.807) is 6.08 Å². The quantitative estimate of drug-likeness (QED) is 0.702. The van der Waals surface area contributed by atoms with Gasteiger partial charge in [0.15, 0.2) is 0 Å². The minimum absolute atomic E-state index is 0.105. The van der Waals surface area contributed by atoms with Gasteiger partial charge in [-0.15, -0.1) is 0 Å². The van der Waals surface area contributed by atoms with Gasteiger partial charge in [-0.25, -0.2) is 0 Å². The Morgan fingerprint density at radius 2 is 2.12 bits per heavy atom. The van der Waals surface area contributed by atoms with Crippen molar-refractivity contribution in [3.8, 4) is 0 Å². The molecule has 1 saturated heterocycles. The zero-order valence-corrected chi connectivity index (χ0v) is 10.1. The molecular weight excluding hydrogens is 200 g/mol. The van der Waals surface area contributed by atoms with Crippen molar-refractivity contribution in [1.82, 2.24) is 10.3 Å². The van der Waals surface area contributed by atoms with Gasteiger partial charge in [-0.1, -0.05) is 13.8 Å². The maximum absolute atomic E-state index is 11.7. The number of aromatic nitrogens is 1. The Hall–Kier alpha value is -1.51. The van der Waals surface area contributed by atoms with E-state index >= 15 is 0 Å². The van der Waals surface area contributed by atoms with Gasteiger partial charge < -0.3 is 10.3 Å². The van der Waals surface area contributed by atoms with Crippen molar-refractivity contribution in [2.75, 3.05) is 6.54 Å². The Bertz CT molecular complexity index is 443. The third-order valence-electron chi connectivity index (χ3n) is 3.15. The second kappa shape index (κ2) is 4.16. The van der Waals surface area contributed by atoms with Crippen LogP contribution in [-0.2, 0) is 0 Å². The number of ketones is 1. The largest absolute Gasteiger partial charge is 0.388 e. The summed E-state index contributed by atoms with van der Waals surface area (Å²) in [6, 6.07) is 0. The fraction of sp³-hybridized carbons (Fsp3) is 0.462. The summed E-state index contributed by atoms with van der Waals surface area (Å²) in [6.07, 6.45) is 4.76. The number of carbonyl (C=O) groups is 1. The first-order valence-electron chi connectivity index (χ1n) is 5.95. The molecule has 1 atom stereocenters. The van der Waals surface area contributed by atoms with E-state index in [0.717, 1.165) is 24.4 Å². The molecule has 0 spiro atoms. The van der Waals surface area contributed by atoms with Crippen molar-refractivity contribution in [2.24, 2.45) is 0 Å². The molecular formula is C13H18N2O. The second-order valence-electron chi connectivity index (χ2n) is 3.99. The van der Waals surface area contributed by atoms with Crippen LogP contribution in [0.3, 0.4) is 0 Å². The summed E-state index contributed by atoms with van der Waals surface area (Å²) in [4.78, 5) is 14.8. The summed E-state index contributed by atoms with van der Waals surface area (Å²) < 4.78 is 0. The molecule has 3 rings (SSSR count). The van der Waals surface area contributed by atoms with Crippen LogP contribution in [0.15, 0.2) is 18.0 Å². The Labute approximate surface area is 95.9 Å². The highest BCUT2D eigenvalue weighted by atomic mass is 16.1. The van der Waals surface area contributed by atoms with Crippen LogP contribution in [0.2, 0.25) is 0 Å². The molecule has 0 aromatic carbocycles. The molecule has 1 aliphatic heterocycles. The molecule has 1 aliphatic carbocycles. The lowest BCUT2D eigenvalue weighted by Gasteiger charge is -2.17. The monoisotopic (exact) mass is 218 g/mol. The van der Waals surface area contributed by atoms with Crippen LogP contribution in [0.1, 0.15) is 47.8 Å². The molecule has 0 radical (unpaired) electrons. The maximum atomic E-state index is 11.7. The Morgan fingerprint density at radius 3 is 2.88 bits per heavy atom. The molecule has 1 aromatic rings. The van der Waals surface area contributed by atoms with E-state index < -0.39 is 0 Å². The Morgan fingerprint density at radius 1 is 1.38 bits per heavy atom. The van der Waals surface area contributed by atoms with Gasteiger partial charge >= 0.3 is 0 Å². The fourth-order valence-corrected chi connectivity index (χ4v) is 2.49. The first kappa shape index (κ1) is 11.0. The lowest BCUT2D eigenvalue weighted by molar-refractivity contribution is 0.103. The summed E-state index contributed by atoms with van der Waals surface area (Å²) in [5.41, 5.74) is 4.30. The van der Waals surface area contributed by atoms with Crippen molar-refractivity contribution in [1.29, 1.82) is 0 Å². The van der Waals surface area contributed by atoms with Crippen molar-refractivity contribution >= 4 is 5.78 Å². The van der Waals surface area contributed by atoms with E-state index in [1.165, 1.54) is 11.1 Å². The molecule has 0 bridgehead atoms. The van der Waals surface area contributed by atoms with E-state index in [1.807, 2.05) is 20.0 Å². The topological polar surface area (TPSA) is 44.9 Å². The molecule has 2 aliphatic rings. The average Bonchev–Trinajstić information content (AvgIpc) is 2.88. The SMILES string of the molecule is CC.Cc1c[nH]c2c1C1CCNC1=CC2=O. The predicted molar refractivity (Wildman–Crippen MR) is 64.7 cm³/mol. The number of hydrogen-bond acceptors (Lipinski definition) is 2. The van der Waals surface area contributed by atoms with Crippen LogP contribution in [0.5, 0.6) is 0 Å². The van der Waals surface area contributed by atoms with Crippen LogP contribution in [0, 0.1) is 6.92 Å².